The van der Waals surface area contributed by atoms with Crippen molar-refractivity contribution in [3.05, 3.63) is 60.2 Å². The van der Waals surface area contributed by atoms with E-state index < -0.39 is 0 Å². The maximum atomic E-state index is 12.1. The highest BCUT2D eigenvalue weighted by Gasteiger charge is 2.14. The van der Waals surface area contributed by atoms with Crippen LogP contribution in [0.4, 0.5) is 5.69 Å². The van der Waals surface area contributed by atoms with E-state index >= 15 is 0 Å². The molecule has 1 N–H and O–H groups in total. The molecular formula is C17H17NO2S. The van der Waals surface area contributed by atoms with Crippen LogP contribution in [0.25, 0.3) is 0 Å². The Morgan fingerprint density at radius 1 is 1.00 bits per heavy atom. The number of nitrogens with one attached hydrogen (secondary N) is 1. The maximum absolute atomic E-state index is 12.1. The van der Waals surface area contributed by atoms with Gasteiger partial charge in [-0.2, -0.15) is 0 Å². The quantitative estimate of drug-likeness (QED) is 0.670. The first-order valence-corrected chi connectivity index (χ1v) is 7.58. The molecule has 21 heavy (non-hydrogen) atoms. The average Bonchev–Trinajstić information content (AvgIpc) is 2.48. The Morgan fingerprint density at radius 3 is 2.19 bits per heavy atom. The molecule has 4 heteroatoms. The van der Waals surface area contributed by atoms with Crippen LogP contribution in [0.3, 0.4) is 0 Å². The lowest BCUT2D eigenvalue weighted by Crippen LogP contribution is -2.22. The van der Waals surface area contributed by atoms with Gasteiger partial charge in [-0.1, -0.05) is 18.2 Å². The number of hydrogen-bond donors (Lipinski definition) is 1. The summed E-state index contributed by atoms with van der Waals surface area (Å²) in [5, 5.41) is 2.66. The van der Waals surface area contributed by atoms with Gasteiger partial charge in [-0.25, -0.2) is 0 Å². The highest BCUT2D eigenvalue weighted by molar-refractivity contribution is 8.00. The van der Waals surface area contributed by atoms with Crippen LogP contribution in [0, 0.1) is 0 Å². The molecule has 0 saturated carbocycles. The monoisotopic (exact) mass is 299 g/mol. The van der Waals surface area contributed by atoms with Gasteiger partial charge in [-0.05, 0) is 50.2 Å². The minimum Gasteiger partial charge on any atom is -0.325 e. The Labute approximate surface area is 128 Å². The number of carbonyl (C=O) groups excluding carboxylic acids is 2. The van der Waals surface area contributed by atoms with E-state index in [0.717, 1.165) is 4.90 Å². The van der Waals surface area contributed by atoms with Crippen LogP contribution in [0.5, 0.6) is 0 Å². The summed E-state index contributed by atoms with van der Waals surface area (Å²) in [4.78, 5) is 24.4. The zero-order valence-electron chi connectivity index (χ0n) is 12.0. The fourth-order valence-electron chi connectivity index (χ4n) is 1.79. The van der Waals surface area contributed by atoms with Gasteiger partial charge in [0.25, 0.3) is 0 Å². The highest BCUT2D eigenvalue weighted by atomic mass is 32.2. The van der Waals surface area contributed by atoms with E-state index in [-0.39, 0.29) is 16.9 Å². The number of rotatable bonds is 5. The molecule has 108 valence electrons. The summed E-state index contributed by atoms with van der Waals surface area (Å²) in [6.07, 6.45) is 0. The van der Waals surface area contributed by atoms with Crippen molar-refractivity contribution in [3.63, 3.8) is 0 Å². The number of Topliss-reactive ketones (excluding diaryl/α,β-unsaturated/α-hetero) is 1. The number of thioether (sulfide) groups is 1. The zero-order chi connectivity index (χ0) is 15.2. The Balaban J connectivity index is 1.95. The third kappa shape index (κ3) is 4.46. The van der Waals surface area contributed by atoms with Crippen molar-refractivity contribution in [1.29, 1.82) is 0 Å². The van der Waals surface area contributed by atoms with E-state index in [1.165, 1.54) is 18.7 Å². The largest absolute Gasteiger partial charge is 0.325 e. The van der Waals surface area contributed by atoms with Crippen LogP contribution in [-0.4, -0.2) is 16.9 Å². The van der Waals surface area contributed by atoms with Gasteiger partial charge in [0.15, 0.2) is 5.78 Å². The normalized spacial score (nSPS) is 11.7. The first kappa shape index (κ1) is 15.3. The summed E-state index contributed by atoms with van der Waals surface area (Å²) in [6, 6.07) is 16.7. The van der Waals surface area contributed by atoms with Crippen molar-refractivity contribution in [1.82, 2.24) is 0 Å². The lowest BCUT2D eigenvalue weighted by atomic mass is 10.1. The van der Waals surface area contributed by atoms with E-state index in [9.17, 15) is 9.59 Å². The lowest BCUT2D eigenvalue weighted by molar-refractivity contribution is -0.115. The van der Waals surface area contributed by atoms with Crippen molar-refractivity contribution in [2.24, 2.45) is 0 Å². The molecule has 0 saturated heterocycles. The second-order valence-electron chi connectivity index (χ2n) is 4.70. The smallest absolute Gasteiger partial charge is 0.237 e. The predicted molar refractivity (Wildman–Crippen MR) is 86.8 cm³/mol. The molecule has 1 amide bonds. The molecule has 0 fully saturated rings. The van der Waals surface area contributed by atoms with Gasteiger partial charge < -0.3 is 5.32 Å². The molecule has 0 aliphatic heterocycles. The zero-order valence-corrected chi connectivity index (χ0v) is 12.8. The summed E-state index contributed by atoms with van der Waals surface area (Å²) in [7, 11) is 0. The van der Waals surface area contributed by atoms with Crippen LogP contribution in [0.2, 0.25) is 0 Å². The fourth-order valence-corrected chi connectivity index (χ4v) is 2.68. The van der Waals surface area contributed by atoms with Gasteiger partial charge >= 0.3 is 0 Å². The van der Waals surface area contributed by atoms with Crippen molar-refractivity contribution in [2.75, 3.05) is 5.32 Å². The molecule has 0 aromatic heterocycles. The maximum Gasteiger partial charge on any atom is 0.237 e. The Bertz CT molecular complexity index is 623. The fraction of sp³-hybridized carbons (Fsp3) is 0.176. The summed E-state index contributed by atoms with van der Waals surface area (Å²) in [6.45, 7) is 3.39. The molecule has 0 heterocycles. The van der Waals surface area contributed by atoms with E-state index in [2.05, 4.69) is 5.32 Å². The molecule has 2 aromatic rings. The molecule has 3 nitrogen and oxygen atoms in total. The minimum atomic E-state index is -0.195. The number of benzene rings is 2. The summed E-state index contributed by atoms with van der Waals surface area (Å²) in [5.41, 5.74) is 1.34. The van der Waals surface area contributed by atoms with Gasteiger partial charge in [-0.3, -0.25) is 9.59 Å². The van der Waals surface area contributed by atoms with Gasteiger partial charge in [0.1, 0.15) is 0 Å². The molecule has 2 aromatic carbocycles. The summed E-state index contributed by atoms with van der Waals surface area (Å²) in [5.74, 6) is -0.0414. The molecular weight excluding hydrogens is 282 g/mol. The van der Waals surface area contributed by atoms with Crippen LogP contribution >= 0.6 is 11.8 Å². The highest BCUT2D eigenvalue weighted by Crippen LogP contribution is 2.23. The van der Waals surface area contributed by atoms with Crippen LogP contribution in [0.1, 0.15) is 24.2 Å². The molecule has 0 bridgehead atoms. The standard InChI is InChI=1S/C17H17NO2S/c1-12(19)14-8-10-15(11-9-14)18-17(20)13(2)21-16-6-4-3-5-7-16/h3-11,13H,1-2H3,(H,18,20). The number of carbonyl (C=O) groups is 2. The van der Waals surface area contributed by atoms with Crippen molar-refractivity contribution in [2.45, 2.75) is 24.0 Å². The molecule has 1 atom stereocenters. The Morgan fingerprint density at radius 2 is 1.62 bits per heavy atom. The van der Waals surface area contributed by atoms with E-state index in [1.807, 2.05) is 37.3 Å². The van der Waals surface area contributed by atoms with E-state index in [4.69, 9.17) is 0 Å². The van der Waals surface area contributed by atoms with Crippen LogP contribution in [-0.2, 0) is 4.79 Å². The summed E-state index contributed by atoms with van der Waals surface area (Å²) < 4.78 is 0. The predicted octanol–water partition coefficient (Wildman–Crippen LogP) is 4.01. The van der Waals surface area contributed by atoms with Gasteiger partial charge in [0, 0.05) is 16.1 Å². The van der Waals surface area contributed by atoms with Gasteiger partial charge in [0.05, 0.1) is 5.25 Å². The topological polar surface area (TPSA) is 46.2 Å². The van der Waals surface area contributed by atoms with Gasteiger partial charge in [-0.15, -0.1) is 11.8 Å². The van der Waals surface area contributed by atoms with Gasteiger partial charge in [0.2, 0.25) is 5.91 Å². The van der Waals surface area contributed by atoms with Crippen molar-refractivity contribution in [3.8, 4) is 0 Å². The molecule has 0 aliphatic rings. The molecule has 0 radical (unpaired) electrons. The third-order valence-corrected chi connectivity index (χ3v) is 4.10. The number of hydrogen-bond acceptors (Lipinski definition) is 3. The van der Waals surface area contributed by atoms with Crippen LogP contribution < -0.4 is 5.32 Å². The number of amides is 1. The van der Waals surface area contributed by atoms with Crippen molar-refractivity contribution < 1.29 is 9.59 Å². The molecule has 2 rings (SSSR count). The van der Waals surface area contributed by atoms with Crippen molar-refractivity contribution >= 4 is 29.1 Å². The van der Waals surface area contributed by atoms with E-state index in [1.54, 1.807) is 24.3 Å². The molecule has 1 unspecified atom stereocenters. The first-order chi connectivity index (χ1) is 10.1. The van der Waals surface area contributed by atoms with E-state index in [0.29, 0.717) is 11.3 Å². The molecule has 0 spiro atoms. The SMILES string of the molecule is CC(=O)c1ccc(NC(=O)C(C)Sc2ccccc2)cc1. The third-order valence-electron chi connectivity index (χ3n) is 2.98. The minimum absolute atomic E-state index is 0.0147. The number of ketones is 1. The van der Waals surface area contributed by atoms with Crippen LogP contribution in [0.15, 0.2) is 59.5 Å². The average molecular weight is 299 g/mol. The Kier molecular flexibility index (Phi) is 5.17. The lowest BCUT2D eigenvalue weighted by Gasteiger charge is -2.12. The summed E-state index contributed by atoms with van der Waals surface area (Å²) >= 11 is 1.51. The molecule has 0 aliphatic carbocycles. The second kappa shape index (κ2) is 7.09. The number of anilines is 1. The first-order valence-electron chi connectivity index (χ1n) is 6.70. The second-order valence-corrected chi connectivity index (χ2v) is 6.11. The Hall–Kier alpha value is -2.07.